The van der Waals surface area contributed by atoms with E-state index in [0.717, 1.165) is 29.7 Å². The van der Waals surface area contributed by atoms with Crippen molar-refractivity contribution in [2.75, 3.05) is 12.9 Å². The van der Waals surface area contributed by atoms with Gasteiger partial charge in [0, 0.05) is 0 Å². The summed E-state index contributed by atoms with van der Waals surface area (Å²) in [5.41, 5.74) is 5.83. The number of tetrazole rings is 1. The van der Waals surface area contributed by atoms with Crippen LogP contribution in [-0.4, -0.2) is 39.0 Å². The minimum Gasteiger partial charge on any atom is -0.494 e. The average molecular weight is 438 g/mol. The lowest BCUT2D eigenvalue weighted by atomic mass is 9.89. The third-order valence-electron chi connectivity index (χ3n) is 5.59. The highest BCUT2D eigenvalue weighted by atomic mass is 32.2. The Balaban J connectivity index is 1.40. The van der Waals surface area contributed by atoms with Crippen molar-refractivity contribution in [3.8, 4) is 11.4 Å². The van der Waals surface area contributed by atoms with Gasteiger partial charge in [-0.2, -0.15) is 4.68 Å². The van der Waals surface area contributed by atoms with Gasteiger partial charge < -0.3 is 10.1 Å². The first kappa shape index (κ1) is 21.4. The van der Waals surface area contributed by atoms with Crippen molar-refractivity contribution in [3.05, 3.63) is 58.7 Å². The maximum Gasteiger partial charge on any atom is 0.230 e. The second-order valence-corrected chi connectivity index (χ2v) is 8.80. The molecule has 0 aliphatic heterocycles. The normalized spacial score (nSPS) is 14.0. The van der Waals surface area contributed by atoms with Gasteiger partial charge in [0.15, 0.2) is 0 Å². The maximum atomic E-state index is 12.6. The maximum absolute atomic E-state index is 12.6. The van der Waals surface area contributed by atoms with Gasteiger partial charge in [-0.05, 0) is 84.3 Å². The highest BCUT2D eigenvalue weighted by molar-refractivity contribution is 7.99. The molecule has 31 heavy (non-hydrogen) atoms. The SMILES string of the molecule is COc1ccc(C)cc1-n1nnnc1SCC(=O)N[C@H](C)c1ccc2c(c1)CCCC2. The number of hydrogen-bond acceptors (Lipinski definition) is 6. The summed E-state index contributed by atoms with van der Waals surface area (Å²) in [5, 5.41) is 15.6. The summed E-state index contributed by atoms with van der Waals surface area (Å²) >= 11 is 1.30. The number of methoxy groups -OCH3 is 1. The number of aryl methyl sites for hydroxylation is 3. The molecule has 0 fully saturated rings. The molecule has 3 aromatic rings. The zero-order chi connectivity index (χ0) is 21.8. The van der Waals surface area contributed by atoms with Crippen LogP contribution in [0.1, 0.15) is 48.1 Å². The van der Waals surface area contributed by atoms with Gasteiger partial charge in [-0.3, -0.25) is 4.79 Å². The third kappa shape index (κ3) is 4.90. The first-order valence-electron chi connectivity index (χ1n) is 10.5. The van der Waals surface area contributed by atoms with Gasteiger partial charge in [0.05, 0.1) is 18.9 Å². The summed E-state index contributed by atoms with van der Waals surface area (Å²) in [6.45, 7) is 4.02. The zero-order valence-corrected chi connectivity index (χ0v) is 18.9. The fourth-order valence-corrected chi connectivity index (χ4v) is 4.60. The van der Waals surface area contributed by atoms with Crippen LogP contribution in [0, 0.1) is 6.92 Å². The predicted octanol–water partition coefficient (Wildman–Crippen LogP) is 3.83. The lowest BCUT2D eigenvalue weighted by molar-refractivity contribution is -0.119. The average Bonchev–Trinajstić information content (AvgIpc) is 3.25. The van der Waals surface area contributed by atoms with E-state index in [4.69, 9.17) is 4.74 Å². The van der Waals surface area contributed by atoms with Crippen molar-refractivity contribution in [1.82, 2.24) is 25.5 Å². The number of carbonyl (C=O) groups excluding carboxylic acids is 1. The van der Waals surface area contributed by atoms with Crippen LogP contribution in [-0.2, 0) is 17.6 Å². The number of hydrogen-bond donors (Lipinski definition) is 1. The quantitative estimate of drug-likeness (QED) is 0.566. The van der Waals surface area contributed by atoms with Gasteiger partial charge >= 0.3 is 0 Å². The number of carbonyl (C=O) groups is 1. The molecule has 0 saturated heterocycles. The van der Waals surface area contributed by atoms with Crippen molar-refractivity contribution >= 4 is 17.7 Å². The van der Waals surface area contributed by atoms with Crippen LogP contribution in [0.25, 0.3) is 5.69 Å². The predicted molar refractivity (Wildman–Crippen MR) is 121 cm³/mol. The van der Waals surface area contributed by atoms with E-state index in [0.29, 0.717) is 10.9 Å². The van der Waals surface area contributed by atoms with Crippen LogP contribution < -0.4 is 10.1 Å². The molecular weight excluding hydrogens is 410 g/mol. The van der Waals surface area contributed by atoms with Gasteiger partial charge in [0.2, 0.25) is 11.1 Å². The molecule has 0 saturated carbocycles. The Labute approximate surface area is 186 Å². The molecule has 0 spiro atoms. The fourth-order valence-electron chi connectivity index (χ4n) is 3.90. The van der Waals surface area contributed by atoms with Gasteiger partial charge in [0.25, 0.3) is 0 Å². The van der Waals surface area contributed by atoms with E-state index in [1.165, 1.54) is 35.7 Å². The standard InChI is InChI=1S/C23H27N5O2S/c1-15-8-11-21(30-3)20(12-15)28-23(25-26-27-28)31-14-22(29)24-16(2)18-10-9-17-6-4-5-7-19(17)13-18/h8-13,16H,4-7,14H2,1-3H3,(H,24,29)/t16-/m1/s1. The Morgan fingerprint density at radius 2 is 2.00 bits per heavy atom. The third-order valence-corrected chi connectivity index (χ3v) is 6.51. The Kier molecular flexibility index (Phi) is 6.56. The molecule has 0 radical (unpaired) electrons. The number of fused-ring (bicyclic) bond motifs is 1. The Bertz CT molecular complexity index is 1080. The van der Waals surface area contributed by atoms with Crippen molar-refractivity contribution < 1.29 is 9.53 Å². The summed E-state index contributed by atoms with van der Waals surface area (Å²) in [7, 11) is 1.61. The van der Waals surface area contributed by atoms with Crippen LogP contribution in [0.15, 0.2) is 41.6 Å². The highest BCUT2D eigenvalue weighted by Gasteiger charge is 2.17. The monoisotopic (exact) mass is 437 g/mol. The molecule has 162 valence electrons. The summed E-state index contributed by atoms with van der Waals surface area (Å²) < 4.78 is 7.05. The second-order valence-electron chi connectivity index (χ2n) is 7.86. The number of aromatic nitrogens is 4. The molecule has 2 aromatic carbocycles. The Hall–Kier alpha value is -2.87. The van der Waals surface area contributed by atoms with Crippen molar-refractivity contribution in [2.45, 2.75) is 50.7 Å². The van der Waals surface area contributed by atoms with Crippen LogP contribution in [0.5, 0.6) is 5.75 Å². The number of amides is 1. The van der Waals surface area contributed by atoms with Crippen molar-refractivity contribution in [3.63, 3.8) is 0 Å². The van der Waals surface area contributed by atoms with E-state index in [1.54, 1.807) is 11.8 Å². The molecule has 7 nitrogen and oxygen atoms in total. The molecule has 1 N–H and O–H groups in total. The molecule has 0 unspecified atom stereocenters. The fraction of sp³-hybridized carbons (Fsp3) is 0.391. The molecule has 1 heterocycles. The van der Waals surface area contributed by atoms with Crippen LogP contribution >= 0.6 is 11.8 Å². The summed E-state index contributed by atoms with van der Waals surface area (Å²) in [4.78, 5) is 12.6. The van der Waals surface area contributed by atoms with E-state index in [2.05, 4.69) is 39.0 Å². The summed E-state index contributed by atoms with van der Waals surface area (Å²) in [5.74, 6) is 0.843. The molecule has 1 aromatic heterocycles. The topological polar surface area (TPSA) is 81.9 Å². The van der Waals surface area contributed by atoms with Gasteiger partial charge in [-0.1, -0.05) is 36.0 Å². The summed E-state index contributed by atoms with van der Waals surface area (Å²) in [6, 6.07) is 12.3. The zero-order valence-electron chi connectivity index (χ0n) is 18.1. The lowest BCUT2D eigenvalue weighted by Crippen LogP contribution is -2.28. The van der Waals surface area contributed by atoms with E-state index in [9.17, 15) is 4.79 Å². The first-order chi connectivity index (χ1) is 15.0. The first-order valence-corrected chi connectivity index (χ1v) is 11.5. The molecule has 1 aliphatic carbocycles. The minimum atomic E-state index is -0.0547. The highest BCUT2D eigenvalue weighted by Crippen LogP contribution is 2.27. The number of nitrogens with zero attached hydrogens (tertiary/aromatic N) is 4. The molecule has 1 amide bonds. The summed E-state index contributed by atoms with van der Waals surface area (Å²) in [6.07, 6.45) is 4.80. The largest absolute Gasteiger partial charge is 0.494 e. The number of rotatable bonds is 7. The van der Waals surface area contributed by atoms with E-state index < -0.39 is 0 Å². The van der Waals surface area contributed by atoms with Crippen molar-refractivity contribution in [1.29, 1.82) is 0 Å². The number of nitrogens with one attached hydrogen (secondary N) is 1. The van der Waals surface area contributed by atoms with Gasteiger partial charge in [-0.15, -0.1) is 5.10 Å². The van der Waals surface area contributed by atoms with Gasteiger partial charge in [0.1, 0.15) is 11.4 Å². The number of thioether (sulfide) groups is 1. The smallest absolute Gasteiger partial charge is 0.230 e. The van der Waals surface area contributed by atoms with Crippen LogP contribution in [0.4, 0.5) is 0 Å². The number of benzene rings is 2. The van der Waals surface area contributed by atoms with Crippen molar-refractivity contribution in [2.24, 2.45) is 0 Å². The van der Waals surface area contributed by atoms with E-state index >= 15 is 0 Å². The second kappa shape index (κ2) is 9.51. The van der Waals surface area contributed by atoms with Crippen LogP contribution in [0.2, 0.25) is 0 Å². The van der Waals surface area contributed by atoms with Gasteiger partial charge in [-0.25, -0.2) is 0 Å². The molecule has 0 bridgehead atoms. The van der Waals surface area contributed by atoms with Crippen LogP contribution in [0.3, 0.4) is 0 Å². The van der Waals surface area contributed by atoms with E-state index in [1.807, 2.05) is 32.0 Å². The Morgan fingerprint density at radius 3 is 2.81 bits per heavy atom. The molecule has 1 atom stereocenters. The molecule has 1 aliphatic rings. The lowest BCUT2D eigenvalue weighted by Gasteiger charge is -2.20. The molecule has 8 heteroatoms. The van der Waals surface area contributed by atoms with E-state index in [-0.39, 0.29) is 17.7 Å². The molecular formula is C23H27N5O2S. The Morgan fingerprint density at radius 1 is 1.19 bits per heavy atom. The minimum absolute atomic E-state index is 0.0480. The molecule has 4 rings (SSSR count). The number of ether oxygens (including phenoxy) is 1.